The molecule has 1 saturated carbocycles. The van der Waals surface area contributed by atoms with Crippen molar-refractivity contribution in [3.05, 3.63) is 21.6 Å². The number of methoxy groups -OCH3 is 1. The Bertz CT molecular complexity index is 730. The minimum atomic E-state index is -0.528. The summed E-state index contributed by atoms with van der Waals surface area (Å²) >= 11 is 6.34. The summed E-state index contributed by atoms with van der Waals surface area (Å²) in [6.45, 7) is 7.55. The second-order valence-electron chi connectivity index (χ2n) is 8.22. The molecule has 7 heteroatoms. The second-order valence-corrected chi connectivity index (χ2v) is 8.60. The number of anilines is 1. The first-order chi connectivity index (χ1) is 11.1. The van der Waals surface area contributed by atoms with E-state index < -0.39 is 11.5 Å². The molecule has 1 aromatic heterocycles. The predicted octanol–water partition coefficient (Wildman–Crippen LogP) is 2.47. The molecule has 1 aliphatic heterocycles. The molecule has 2 heterocycles. The van der Waals surface area contributed by atoms with E-state index >= 15 is 0 Å². The van der Waals surface area contributed by atoms with Gasteiger partial charge in [0.05, 0.1) is 19.0 Å². The highest BCUT2D eigenvalue weighted by atomic mass is 35.5. The van der Waals surface area contributed by atoms with E-state index in [-0.39, 0.29) is 22.4 Å². The summed E-state index contributed by atoms with van der Waals surface area (Å²) in [5.74, 6) is -0.528. The van der Waals surface area contributed by atoms with Crippen LogP contribution in [0.3, 0.4) is 0 Å². The summed E-state index contributed by atoms with van der Waals surface area (Å²) in [4.78, 5) is 26.0. The number of fused-ring (bicyclic) bond motifs is 2. The van der Waals surface area contributed by atoms with E-state index in [9.17, 15) is 9.59 Å². The summed E-state index contributed by atoms with van der Waals surface area (Å²) in [5.41, 5.74) is 0.739. The first-order valence-electron chi connectivity index (χ1n) is 8.23. The zero-order valence-electron chi connectivity index (χ0n) is 14.6. The van der Waals surface area contributed by atoms with E-state index in [1.54, 1.807) is 6.20 Å². The number of hydrogen-bond donors (Lipinski definition) is 0. The number of carbonyl (C=O) groups excluding carboxylic acids is 1. The van der Waals surface area contributed by atoms with Crippen molar-refractivity contribution in [2.24, 2.45) is 10.8 Å². The molecule has 24 heavy (non-hydrogen) atoms. The van der Waals surface area contributed by atoms with Crippen molar-refractivity contribution in [3.63, 3.8) is 0 Å². The Morgan fingerprint density at radius 1 is 1.42 bits per heavy atom. The summed E-state index contributed by atoms with van der Waals surface area (Å²) in [7, 11) is 1.27. The lowest BCUT2D eigenvalue weighted by molar-refractivity contribution is -0.141. The van der Waals surface area contributed by atoms with Crippen LogP contribution < -0.4 is 10.5 Å². The summed E-state index contributed by atoms with van der Waals surface area (Å²) < 4.78 is 5.63. The molecule has 3 rings (SSSR count). The third-order valence-corrected chi connectivity index (χ3v) is 5.55. The minimum absolute atomic E-state index is 0.128. The van der Waals surface area contributed by atoms with E-state index in [1.165, 1.54) is 7.11 Å². The number of carbonyl (C=O) groups is 1. The van der Waals surface area contributed by atoms with Gasteiger partial charge in [-0.1, -0.05) is 32.4 Å². The van der Waals surface area contributed by atoms with Crippen LogP contribution in [0.25, 0.3) is 0 Å². The third-order valence-electron chi connectivity index (χ3n) is 5.20. The van der Waals surface area contributed by atoms with Crippen LogP contribution in [0, 0.1) is 10.8 Å². The molecule has 6 nitrogen and oxygen atoms in total. The number of rotatable bonds is 3. The van der Waals surface area contributed by atoms with Gasteiger partial charge in [0.2, 0.25) is 0 Å². The second kappa shape index (κ2) is 5.76. The van der Waals surface area contributed by atoms with Crippen LogP contribution in [0.4, 0.5) is 5.69 Å². The maximum absolute atomic E-state index is 12.4. The van der Waals surface area contributed by atoms with Gasteiger partial charge in [0, 0.05) is 12.6 Å². The number of ether oxygens (including phenoxy) is 1. The van der Waals surface area contributed by atoms with Gasteiger partial charge in [-0.25, -0.2) is 4.68 Å². The quantitative estimate of drug-likeness (QED) is 0.781. The van der Waals surface area contributed by atoms with Crippen LogP contribution in [0.2, 0.25) is 5.02 Å². The largest absolute Gasteiger partial charge is 0.468 e. The van der Waals surface area contributed by atoms with Gasteiger partial charge in [-0.3, -0.25) is 9.59 Å². The molecule has 0 spiro atoms. The molecule has 2 aliphatic rings. The van der Waals surface area contributed by atoms with Crippen LogP contribution in [0.15, 0.2) is 11.0 Å². The highest BCUT2D eigenvalue weighted by molar-refractivity contribution is 6.33. The molecule has 0 unspecified atom stereocenters. The first-order valence-corrected chi connectivity index (χ1v) is 8.61. The standard InChI is InChI=1S/C17H24ClN3O3/c1-16(2)5-11-6-17(3,9-16)10-20(11)12-7-19-21(8-13(22)24-4)15(23)14(12)18/h7,11H,5-6,8-10H2,1-4H3/t11-,17-/m1/s1. The van der Waals surface area contributed by atoms with Crippen molar-refractivity contribution in [3.8, 4) is 0 Å². The van der Waals surface area contributed by atoms with Crippen molar-refractivity contribution in [2.75, 3.05) is 18.6 Å². The Kier molecular flexibility index (Phi) is 4.14. The molecule has 2 bridgehead atoms. The Morgan fingerprint density at radius 2 is 2.12 bits per heavy atom. The molecule has 2 fully saturated rings. The van der Waals surface area contributed by atoms with Gasteiger partial charge in [0.25, 0.3) is 5.56 Å². The Hall–Kier alpha value is -1.56. The van der Waals surface area contributed by atoms with Crippen LogP contribution >= 0.6 is 11.6 Å². The van der Waals surface area contributed by atoms with Crippen molar-refractivity contribution in [1.82, 2.24) is 9.78 Å². The van der Waals surface area contributed by atoms with E-state index in [1.807, 2.05) is 0 Å². The molecule has 1 aromatic rings. The average molecular weight is 354 g/mol. The lowest BCUT2D eigenvalue weighted by Crippen LogP contribution is -2.36. The molecule has 1 aliphatic carbocycles. The maximum Gasteiger partial charge on any atom is 0.327 e. The Balaban J connectivity index is 1.92. The Labute approximate surface area is 146 Å². The van der Waals surface area contributed by atoms with Crippen molar-refractivity contribution < 1.29 is 9.53 Å². The van der Waals surface area contributed by atoms with Crippen molar-refractivity contribution >= 4 is 23.3 Å². The molecule has 1 saturated heterocycles. The fourth-order valence-corrected chi connectivity index (χ4v) is 4.95. The first kappa shape index (κ1) is 17.3. The smallest absolute Gasteiger partial charge is 0.327 e. The number of halogens is 1. The van der Waals surface area contributed by atoms with Crippen molar-refractivity contribution in [2.45, 2.75) is 52.6 Å². The number of aromatic nitrogens is 2. The van der Waals surface area contributed by atoms with E-state index in [4.69, 9.17) is 11.6 Å². The van der Waals surface area contributed by atoms with Gasteiger partial charge < -0.3 is 9.64 Å². The lowest BCUT2D eigenvalue weighted by Gasteiger charge is -2.39. The van der Waals surface area contributed by atoms with Gasteiger partial charge in [0.1, 0.15) is 11.6 Å². The van der Waals surface area contributed by atoms with Crippen LogP contribution in [-0.4, -0.2) is 35.4 Å². The molecular weight excluding hydrogens is 330 g/mol. The normalized spacial score (nSPS) is 28.0. The van der Waals surface area contributed by atoms with Crippen molar-refractivity contribution in [1.29, 1.82) is 0 Å². The lowest BCUT2D eigenvalue weighted by atomic mass is 9.65. The van der Waals surface area contributed by atoms with Crippen LogP contribution in [-0.2, 0) is 16.1 Å². The van der Waals surface area contributed by atoms with Gasteiger partial charge in [0.15, 0.2) is 0 Å². The molecule has 0 radical (unpaired) electrons. The highest BCUT2D eigenvalue weighted by Gasteiger charge is 2.50. The van der Waals surface area contributed by atoms with Crippen LogP contribution in [0.1, 0.15) is 40.0 Å². The maximum atomic E-state index is 12.4. The Morgan fingerprint density at radius 3 is 2.79 bits per heavy atom. The molecule has 0 aromatic carbocycles. The predicted molar refractivity (Wildman–Crippen MR) is 92.4 cm³/mol. The van der Waals surface area contributed by atoms with E-state index in [2.05, 4.69) is 35.5 Å². The topological polar surface area (TPSA) is 64.4 Å². The third kappa shape index (κ3) is 3.04. The fraction of sp³-hybridized carbons (Fsp3) is 0.706. The monoisotopic (exact) mass is 353 g/mol. The van der Waals surface area contributed by atoms with E-state index in [0.29, 0.717) is 11.7 Å². The number of hydrogen-bond acceptors (Lipinski definition) is 5. The molecular formula is C17H24ClN3O3. The minimum Gasteiger partial charge on any atom is -0.468 e. The van der Waals surface area contributed by atoms with Gasteiger partial charge in [-0.05, 0) is 30.1 Å². The van der Waals surface area contributed by atoms with Crippen LogP contribution in [0.5, 0.6) is 0 Å². The summed E-state index contributed by atoms with van der Waals surface area (Å²) in [6, 6.07) is 0.369. The fourth-order valence-electron chi connectivity index (χ4n) is 4.70. The molecule has 0 amide bonds. The van der Waals surface area contributed by atoms with E-state index in [0.717, 1.165) is 30.5 Å². The molecule has 2 atom stereocenters. The average Bonchev–Trinajstić information content (AvgIpc) is 2.73. The zero-order chi connectivity index (χ0) is 17.7. The zero-order valence-corrected chi connectivity index (χ0v) is 15.4. The number of esters is 1. The number of nitrogens with zero attached hydrogens (tertiary/aromatic N) is 3. The molecule has 132 valence electrons. The molecule has 0 N–H and O–H groups in total. The van der Waals surface area contributed by atoms with Gasteiger partial charge >= 0.3 is 5.97 Å². The van der Waals surface area contributed by atoms with Gasteiger partial charge in [-0.15, -0.1) is 0 Å². The summed E-state index contributed by atoms with van der Waals surface area (Å²) in [6.07, 6.45) is 4.95. The SMILES string of the molecule is COC(=O)Cn1ncc(N2C[C@]3(C)C[C@H]2CC(C)(C)C3)c(Cl)c1=O. The highest BCUT2D eigenvalue weighted by Crippen LogP contribution is 2.53. The van der Waals surface area contributed by atoms with Gasteiger partial charge in [-0.2, -0.15) is 5.10 Å². The summed E-state index contributed by atoms with van der Waals surface area (Å²) in [5, 5.41) is 4.25.